The van der Waals surface area contributed by atoms with Crippen molar-refractivity contribution in [1.82, 2.24) is 14.9 Å². The fourth-order valence-corrected chi connectivity index (χ4v) is 2.52. The lowest BCUT2D eigenvalue weighted by Crippen LogP contribution is -2.52. The quantitative estimate of drug-likeness (QED) is 0.629. The number of aromatic nitrogens is 2. The van der Waals surface area contributed by atoms with E-state index in [1.807, 2.05) is 0 Å². The Hall–Kier alpha value is -1.11. The summed E-state index contributed by atoms with van der Waals surface area (Å²) in [7, 11) is 0. The zero-order chi connectivity index (χ0) is 13.1. The number of rotatable bonds is 3. The highest BCUT2D eigenvalue weighted by Crippen LogP contribution is 2.25. The van der Waals surface area contributed by atoms with Crippen LogP contribution in [0.25, 0.3) is 0 Å². The molecule has 0 saturated carbocycles. The van der Waals surface area contributed by atoms with Gasteiger partial charge in [0.15, 0.2) is 5.82 Å². The molecule has 6 nitrogen and oxygen atoms in total. The van der Waals surface area contributed by atoms with Crippen LogP contribution in [0.1, 0.15) is 13.8 Å². The molecular formula is C11H19ClN6. The summed E-state index contributed by atoms with van der Waals surface area (Å²) in [6.07, 6.45) is 1.58. The van der Waals surface area contributed by atoms with E-state index in [2.05, 4.69) is 39.0 Å². The van der Waals surface area contributed by atoms with Gasteiger partial charge in [-0.15, -0.1) is 0 Å². The lowest BCUT2D eigenvalue weighted by molar-refractivity contribution is 0.199. The minimum atomic E-state index is 0.389. The lowest BCUT2D eigenvalue weighted by Gasteiger charge is -2.40. The van der Waals surface area contributed by atoms with Crippen molar-refractivity contribution < 1.29 is 0 Å². The number of nitrogens with one attached hydrogen (secondary N) is 1. The number of piperazine rings is 1. The van der Waals surface area contributed by atoms with Crippen LogP contribution in [0.3, 0.4) is 0 Å². The van der Waals surface area contributed by atoms with Crippen molar-refractivity contribution in [2.24, 2.45) is 5.84 Å². The molecule has 1 atom stereocenters. The molecule has 1 aliphatic heterocycles. The van der Waals surface area contributed by atoms with Crippen LogP contribution in [0.5, 0.6) is 0 Å². The van der Waals surface area contributed by atoms with Gasteiger partial charge >= 0.3 is 0 Å². The number of nitrogens with two attached hydrogens (primary N) is 1. The second kappa shape index (κ2) is 5.69. The van der Waals surface area contributed by atoms with Crippen LogP contribution in [0.15, 0.2) is 6.20 Å². The molecule has 7 heteroatoms. The molecule has 1 aliphatic rings. The van der Waals surface area contributed by atoms with Crippen LogP contribution >= 0.6 is 11.6 Å². The van der Waals surface area contributed by atoms with Crippen molar-refractivity contribution in [1.29, 1.82) is 0 Å². The average Bonchev–Trinajstić information content (AvgIpc) is 2.39. The maximum absolute atomic E-state index is 6.16. The first-order chi connectivity index (χ1) is 8.65. The molecule has 0 aliphatic carbocycles. The van der Waals surface area contributed by atoms with Gasteiger partial charge in [-0.2, -0.15) is 4.98 Å². The first-order valence-electron chi connectivity index (χ1n) is 6.13. The van der Waals surface area contributed by atoms with Crippen molar-refractivity contribution in [3.8, 4) is 0 Å². The number of hydrogen-bond acceptors (Lipinski definition) is 6. The Bertz CT molecular complexity index is 413. The van der Waals surface area contributed by atoms with E-state index in [1.165, 1.54) is 0 Å². The molecule has 0 spiro atoms. The number of hydrogen-bond donors (Lipinski definition) is 2. The van der Waals surface area contributed by atoms with Crippen molar-refractivity contribution in [2.45, 2.75) is 19.9 Å². The number of hydrazine groups is 1. The molecule has 0 aromatic carbocycles. The summed E-state index contributed by atoms with van der Waals surface area (Å²) < 4.78 is 0. The summed E-state index contributed by atoms with van der Waals surface area (Å²) in [5.74, 6) is 6.47. The zero-order valence-corrected chi connectivity index (χ0v) is 11.5. The van der Waals surface area contributed by atoms with Gasteiger partial charge in [0, 0.05) is 25.7 Å². The summed E-state index contributed by atoms with van der Waals surface area (Å²) in [4.78, 5) is 12.9. The van der Waals surface area contributed by atoms with Gasteiger partial charge in [-0.05, 0) is 13.5 Å². The second-order valence-corrected chi connectivity index (χ2v) is 4.84. The number of nitrogens with zero attached hydrogens (tertiary/aromatic N) is 4. The van der Waals surface area contributed by atoms with Crippen molar-refractivity contribution in [2.75, 3.05) is 36.5 Å². The molecule has 1 saturated heterocycles. The normalized spacial score (nSPS) is 21.1. The van der Waals surface area contributed by atoms with E-state index in [9.17, 15) is 0 Å². The maximum Gasteiger partial charge on any atom is 0.239 e. The summed E-state index contributed by atoms with van der Waals surface area (Å²) in [5.41, 5.74) is 2.45. The van der Waals surface area contributed by atoms with Gasteiger partial charge in [0.25, 0.3) is 0 Å². The predicted molar refractivity (Wildman–Crippen MR) is 73.8 cm³/mol. The van der Waals surface area contributed by atoms with E-state index >= 15 is 0 Å². The number of halogens is 1. The molecule has 1 fully saturated rings. The second-order valence-electron chi connectivity index (χ2n) is 4.43. The minimum absolute atomic E-state index is 0.389. The third-order valence-corrected chi connectivity index (χ3v) is 3.59. The Balaban J connectivity index is 2.17. The van der Waals surface area contributed by atoms with E-state index in [4.69, 9.17) is 17.4 Å². The molecule has 0 amide bonds. The number of nitrogen functional groups attached to an aromatic ring is 1. The van der Waals surface area contributed by atoms with Crippen molar-refractivity contribution in [3.05, 3.63) is 11.2 Å². The number of likely N-dealkylation sites (N-methyl/N-ethyl adjacent to an activating group) is 1. The third kappa shape index (κ3) is 2.66. The van der Waals surface area contributed by atoms with Crippen molar-refractivity contribution >= 4 is 23.4 Å². The molecule has 1 unspecified atom stereocenters. The van der Waals surface area contributed by atoms with Gasteiger partial charge in [0.2, 0.25) is 5.95 Å². The van der Waals surface area contributed by atoms with Crippen LogP contribution in [0.4, 0.5) is 11.8 Å². The Labute approximate surface area is 112 Å². The lowest BCUT2D eigenvalue weighted by atomic mass is 10.2. The number of anilines is 2. The minimum Gasteiger partial charge on any atom is -0.352 e. The fraction of sp³-hybridized carbons (Fsp3) is 0.636. The Morgan fingerprint density at radius 1 is 1.56 bits per heavy atom. The van der Waals surface area contributed by atoms with Crippen molar-refractivity contribution in [3.63, 3.8) is 0 Å². The summed E-state index contributed by atoms with van der Waals surface area (Å²) in [5, 5.41) is 0.561. The van der Waals surface area contributed by atoms with Gasteiger partial charge in [0.1, 0.15) is 5.02 Å². The maximum atomic E-state index is 6.16. The van der Waals surface area contributed by atoms with E-state index in [1.54, 1.807) is 6.20 Å². The Morgan fingerprint density at radius 3 is 2.94 bits per heavy atom. The van der Waals surface area contributed by atoms with Crippen LogP contribution in [0.2, 0.25) is 5.02 Å². The van der Waals surface area contributed by atoms with Gasteiger partial charge in [0.05, 0.1) is 6.20 Å². The Kier molecular flexibility index (Phi) is 4.21. The van der Waals surface area contributed by atoms with Gasteiger partial charge in [-0.3, -0.25) is 10.3 Å². The molecule has 100 valence electrons. The molecule has 2 heterocycles. The Morgan fingerprint density at radius 2 is 2.33 bits per heavy atom. The molecule has 0 radical (unpaired) electrons. The van der Waals surface area contributed by atoms with Crippen LogP contribution in [-0.4, -0.2) is 47.1 Å². The molecule has 18 heavy (non-hydrogen) atoms. The molecule has 3 N–H and O–H groups in total. The highest BCUT2D eigenvalue weighted by atomic mass is 35.5. The van der Waals surface area contributed by atoms with E-state index in [0.717, 1.165) is 32.0 Å². The third-order valence-electron chi connectivity index (χ3n) is 3.33. The molecule has 1 aromatic heterocycles. The van der Waals surface area contributed by atoms with Crippen LogP contribution in [0, 0.1) is 0 Å². The van der Waals surface area contributed by atoms with Gasteiger partial charge in [-0.25, -0.2) is 10.8 Å². The summed E-state index contributed by atoms with van der Waals surface area (Å²) >= 11 is 6.16. The standard InChI is InChI=1S/C11H19ClN6/c1-3-17-4-5-18(7-8(17)2)10-9(12)6-14-11(15-10)16-13/h6,8H,3-5,7,13H2,1-2H3,(H,14,15,16). The molecule has 2 rings (SSSR count). The first kappa shape index (κ1) is 13.3. The van der Waals surface area contributed by atoms with Gasteiger partial charge in [-0.1, -0.05) is 18.5 Å². The van der Waals surface area contributed by atoms with E-state index < -0.39 is 0 Å². The highest BCUT2D eigenvalue weighted by molar-refractivity contribution is 6.32. The van der Waals surface area contributed by atoms with Crippen LogP contribution in [-0.2, 0) is 0 Å². The van der Waals surface area contributed by atoms with E-state index in [-0.39, 0.29) is 0 Å². The zero-order valence-electron chi connectivity index (χ0n) is 10.7. The molecular weight excluding hydrogens is 252 g/mol. The predicted octanol–water partition coefficient (Wildman–Crippen LogP) is 0.946. The SMILES string of the molecule is CCN1CCN(c2nc(NN)ncc2Cl)CC1C. The molecule has 1 aromatic rings. The van der Waals surface area contributed by atoms with E-state index in [0.29, 0.717) is 17.0 Å². The monoisotopic (exact) mass is 270 g/mol. The first-order valence-corrected chi connectivity index (χ1v) is 6.51. The van der Waals surface area contributed by atoms with Crippen LogP contribution < -0.4 is 16.2 Å². The van der Waals surface area contributed by atoms with Gasteiger partial charge < -0.3 is 4.90 Å². The topological polar surface area (TPSA) is 70.3 Å². The average molecular weight is 271 g/mol. The largest absolute Gasteiger partial charge is 0.352 e. The molecule has 0 bridgehead atoms. The summed E-state index contributed by atoms with van der Waals surface area (Å²) in [6, 6.07) is 0.490. The summed E-state index contributed by atoms with van der Waals surface area (Å²) in [6.45, 7) is 8.31. The fourth-order valence-electron chi connectivity index (χ4n) is 2.31. The highest BCUT2D eigenvalue weighted by Gasteiger charge is 2.24. The smallest absolute Gasteiger partial charge is 0.239 e.